The molecule has 0 aromatic carbocycles. The van der Waals surface area contributed by atoms with Crippen LogP contribution in [0.25, 0.3) is 0 Å². The first-order valence-corrected chi connectivity index (χ1v) is 11.3. The topological polar surface area (TPSA) is 20.2 Å². The quantitative estimate of drug-likeness (QED) is 0.140. The van der Waals surface area contributed by atoms with Gasteiger partial charge in [0.1, 0.15) is 0 Å². The average molecular weight is 475 g/mol. The van der Waals surface area contributed by atoms with Gasteiger partial charge in [-0.05, 0) is 6.42 Å². The van der Waals surface area contributed by atoms with E-state index in [-0.39, 0.29) is 8.94 Å². The van der Waals surface area contributed by atoms with Crippen molar-refractivity contribution < 1.29 is 5.11 Å². The van der Waals surface area contributed by atoms with Crippen LogP contribution in [0.4, 0.5) is 0 Å². The predicted molar refractivity (Wildman–Crippen MR) is 108 cm³/mol. The molecule has 0 aromatic rings. The van der Waals surface area contributed by atoms with Gasteiger partial charge < -0.3 is 5.11 Å². The summed E-state index contributed by atoms with van der Waals surface area (Å²) < 4.78 is 0.206. The highest BCUT2D eigenvalue weighted by Gasteiger charge is 2.10. The van der Waals surface area contributed by atoms with Gasteiger partial charge in [0.05, 0.1) is 8.94 Å². The lowest BCUT2D eigenvalue weighted by atomic mass is 10.0. The highest BCUT2D eigenvalue weighted by molar-refractivity contribution is 14.1. The van der Waals surface area contributed by atoms with Crippen molar-refractivity contribution in [3.8, 4) is 0 Å². The summed E-state index contributed by atoms with van der Waals surface area (Å²) in [6.45, 7) is 2.28. The minimum Gasteiger partial charge on any atom is -0.391 e. The minimum absolute atomic E-state index is 0.178. The van der Waals surface area contributed by atoms with Gasteiger partial charge in [0, 0.05) is 0 Å². The van der Waals surface area contributed by atoms with Crippen LogP contribution in [-0.2, 0) is 0 Å². The van der Waals surface area contributed by atoms with Crippen molar-refractivity contribution in [3.63, 3.8) is 0 Å². The van der Waals surface area contributed by atoms with E-state index in [2.05, 4.69) is 45.4 Å². The third-order valence-corrected chi connectivity index (χ3v) is 5.58. The first-order valence-electron chi connectivity index (χ1n) is 9.14. The third-order valence-electron chi connectivity index (χ3n) is 4.14. The van der Waals surface area contributed by atoms with E-state index in [4.69, 9.17) is 0 Å². The van der Waals surface area contributed by atoms with Crippen LogP contribution in [0.5, 0.6) is 0 Å². The highest BCUT2D eigenvalue weighted by atomic mass is 127. The lowest BCUT2D eigenvalue weighted by Gasteiger charge is -2.11. The van der Waals surface area contributed by atoms with Crippen molar-refractivity contribution >= 4 is 38.5 Å². The van der Waals surface area contributed by atoms with E-state index in [9.17, 15) is 5.11 Å². The average Bonchev–Trinajstić information content (AvgIpc) is 2.47. The van der Waals surface area contributed by atoms with E-state index in [1.165, 1.54) is 89.9 Å². The number of hydrogen-bond acceptors (Lipinski definition) is 1. The molecule has 3 heteroatoms. The Labute approximate surface area is 155 Å². The Hall–Kier alpha value is 1.17. The lowest BCUT2D eigenvalue weighted by Crippen LogP contribution is -2.13. The first-order chi connectivity index (χ1) is 10.2. The molecule has 0 saturated heterocycles. The van der Waals surface area contributed by atoms with Crippen LogP contribution < -0.4 is 0 Å². The fourth-order valence-corrected chi connectivity index (χ4v) is 3.30. The monoisotopic (exact) mass is 474 g/mol. The predicted octanol–water partition coefficient (Wildman–Crippen LogP) is 7.37. The van der Waals surface area contributed by atoms with Gasteiger partial charge in [-0.15, -0.1) is 0 Å². The molecule has 1 nitrogen and oxygen atoms in total. The Kier molecular flexibility index (Phi) is 18.5. The summed E-state index contributed by atoms with van der Waals surface area (Å²) >= 11 is 5.65. The molecular weight excluding hydrogens is 439 g/mol. The molecule has 0 amide bonds. The normalized spacial score (nSPS) is 14.3. The van der Waals surface area contributed by atoms with Gasteiger partial charge in [-0.2, -0.15) is 0 Å². The van der Waals surface area contributed by atoms with Gasteiger partial charge in [0.25, 0.3) is 0 Å². The molecule has 0 aliphatic rings. The van der Waals surface area contributed by atoms with Crippen molar-refractivity contribution in [2.45, 2.75) is 112 Å². The summed E-state index contributed by atoms with van der Waals surface area (Å²) in [7, 11) is 0. The maximum atomic E-state index is 9.66. The Balaban J connectivity index is 3.03. The number of aliphatic hydroxyl groups is 1. The number of hydrogen-bond donors (Lipinski definition) is 1. The summed E-state index contributed by atoms with van der Waals surface area (Å²) in [6.07, 6.45) is 20.2. The van der Waals surface area contributed by atoms with Gasteiger partial charge in [-0.3, -0.25) is 0 Å². The Morgan fingerprint density at radius 2 is 1.05 bits per heavy atom. The van der Waals surface area contributed by atoms with Crippen LogP contribution in [0.1, 0.15) is 103 Å². The van der Waals surface area contributed by atoms with E-state index < -0.39 is 0 Å². The fourth-order valence-electron chi connectivity index (χ4n) is 2.67. The van der Waals surface area contributed by atoms with Crippen molar-refractivity contribution in [2.75, 3.05) is 0 Å². The molecule has 2 atom stereocenters. The molecule has 0 aliphatic carbocycles. The van der Waals surface area contributed by atoms with Crippen LogP contribution in [-0.4, -0.2) is 14.0 Å². The maximum absolute atomic E-state index is 9.66. The minimum atomic E-state index is -0.178. The summed E-state index contributed by atoms with van der Waals surface area (Å²) in [5.74, 6) is 0. The van der Waals surface area contributed by atoms with Crippen LogP contribution in [0, 0.1) is 0 Å². The largest absolute Gasteiger partial charge is 0.391 e. The number of alkyl halides is 2. The van der Waals surface area contributed by atoms with Crippen LogP contribution in [0.3, 0.4) is 0 Å². The zero-order valence-corrected chi connectivity index (χ0v) is 17.7. The molecule has 128 valence electrons. The van der Waals surface area contributed by atoms with Crippen LogP contribution in [0.2, 0.25) is 0 Å². The molecule has 0 saturated carbocycles. The molecule has 0 spiro atoms. The highest BCUT2D eigenvalue weighted by Crippen LogP contribution is 2.19. The second-order valence-electron chi connectivity index (χ2n) is 6.29. The lowest BCUT2D eigenvalue weighted by molar-refractivity contribution is 0.182. The number of halogens is 2. The molecule has 0 fully saturated rings. The number of rotatable bonds is 16. The van der Waals surface area contributed by atoms with Gasteiger partial charge in [-0.25, -0.2) is 0 Å². The van der Waals surface area contributed by atoms with Gasteiger partial charge in [0.2, 0.25) is 0 Å². The van der Waals surface area contributed by atoms with Crippen molar-refractivity contribution in [1.29, 1.82) is 0 Å². The fraction of sp³-hybridized carbons (Fsp3) is 1.00. The molecule has 21 heavy (non-hydrogen) atoms. The second-order valence-corrected chi connectivity index (χ2v) is 10.3. The number of aliphatic hydroxyl groups excluding tert-OH is 1. The first kappa shape index (κ1) is 22.2. The van der Waals surface area contributed by atoms with Crippen molar-refractivity contribution in [1.82, 2.24) is 0 Å². The summed E-state index contributed by atoms with van der Waals surface area (Å²) in [5.41, 5.74) is 0. The maximum Gasteiger partial charge on any atom is 0.0920 e. The summed E-state index contributed by atoms with van der Waals surface area (Å²) in [4.78, 5) is 0. The Bertz CT molecular complexity index is 200. The zero-order valence-electron chi connectivity index (χ0n) is 14.0. The molecular formula is C18H36BrIO. The van der Waals surface area contributed by atoms with E-state index >= 15 is 0 Å². The van der Waals surface area contributed by atoms with E-state index in [0.29, 0.717) is 0 Å². The van der Waals surface area contributed by atoms with Crippen LogP contribution >= 0.6 is 38.5 Å². The Morgan fingerprint density at radius 1 is 0.714 bits per heavy atom. The molecule has 0 rings (SSSR count). The Morgan fingerprint density at radius 3 is 1.38 bits per heavy atom. The van der Waals surface area contributed by atoms with E-state index in [0.717, 1.165) is 6.42 Å². The summed E-state index contributed by atoms with van der Waals surface area (Å²) in [5, 5.41) is 9.66. The molecule has 0 aliphatic heterocycles. The van der Waals surface area contributed by atoms with Gasteiger partial charge in [0.15, 0.2) is 0 Å². The SMILES string of the molecule is CCCCCCCCCCCCCCCCC(O)C(Br)I. The smallest absolute Gasteiger partial charge is 0.0920 e. The van der Waals surface area contributed by atoms with Crippen molar-refractivity contribution in [3.05, 3.63) is 0 Å². The molecule has 1 N–H and O–H groups in total. The van der Waals surface area contributed by atoms with Crippen LogP contribution in [0.15, 0.2) is 0 Å². The third kappa shape index (κ3) is 17.4. The van der Waals surface area contributed by atoms with Gasteiger partial charge >= 0.3 is 0 Å². The van der Waals surface area contributed by atoms with Gasteiger partial charge in [-0.1, -0.05) is 135 Å². The number of unbranched alkanes of at least 4 members (excludes halogenated alkanes) is 13. The molecule has 2 unspecified atom stereocenters. The zero-order chi connectivity index (χ0) is 15.8. The van der Waals surface area contributed by atoms with E-state index in [1.807, 2.05) is 0 Å². The molecule has 0 aromatic heterocycles. The second kappa shape index (κ2) is 17.5. The molecule has 0 radical (unpaired) electrons. The summed E-state index contributed by atoms with van der Waals surface area (Å²) in [6, 6.07) is 0. The van der Waals surface area contributed by atoms with E-state index in [1.54, 1.807) is 0 Å². The van der Waals surface area contributed by atoms with Crippen molar-refractivity contribution in [2.24, 2.45) is 0 Å². The standard InChI is InChI=1S/C18H36BrIO/c1-2-3-4-5-6-7-8-9-10-11-12-13-14-15-16-17(21)18(19)20/h17-18,21H,2-16H2,1H3. The molecule has 0 heterocycles. The molecule has 0 bridgehead atoms.